The summed E-state index contributed by atoms with van der Waals surface area (Å²) in [4.78, 5) is 13.8. The van der Waals surface area contributed by atoms with Crippen molar-refractivity contribution in [2.45, 2.75) is 19.8 Å². The molecule has 0 bridgehead atoms. The van der Waals surface area contributed by atoms with E-state index in [1.54, 1.807) is 0 Å². The Hall–Kier alpha value is -1.55. The zero-order chi connectivity index (χ0) is 12.3. The summed E-state index contributed by atoms with van der Waals surface area (Å²) in [7, 11) is 0. The third kappa shape index (κ3) is 2.77. The molecule has 92 valence electrons. The number of hydrogen-bond acceptors (Lipinski definition) is 3. The molecule has 1 aliphatic rings. The molecule has 0 spiro atoms. The van der Waals surface area contributed by atoms with E-state index in [0.29, 0.717) is 13.0 Å². The fourth-order valence-electron chi connectivity index (χ4n) is 2.11. The van der Waals surface area contributed by atoms with Gasteiger partial charge in [0.25, 0.3) is 0 Å². The van der Waals surface area contributed by atoms with E-state index < -0.39 is 0 Å². The van der Waals surface area contributed by atoms with Crippen LogP contribution in [0.4, 0.5) is 11.4 Å². The number of hydrogen-bond donors (Lipinski definition) is 2. The van der Waals surface area contributed by atoms with Gasteiger partial charge in [0.2, 0.25) is 5.91 Å². The fraction of sp³-hybridized carbons (Fsp3) is 0.462. The van der Waals surface area contributed by atoms with Crippen LogP contribution in [0.1, 0.15) is 18.4 Å². The van der Waals surface area contributed by atoms with Crippen LogP contribution in [0.3, 0.4) is 0 Å². The van der Waals surface area contributed by atoms with Gasteiger partial charge in [-0.25, -0.2) is 0 Å². The highest BCUT2D eigenvalue weighted by Gasteiger charge is 2.18. The fourth-order valence-corrected chi connectivity index (χ4v) is 2.11. The maximum absolute atomic E-state index is 11.6. The molecule has 0 radical (unpaired) electrons. The van der Waals surface area contributed by atoms with E-state index in [9.17, 15) is 4.79 Å². The molecular formula is C13H19N3O. The Kier molecular flexibility index (Phi) is 3.64. The normalized spacial score (nSPS) is 15.2. The first-order chi connectivity index (χ1) is 8.20. The molecule has 17 heavy (non-hydrogen) atoms. The van der Waals surface area contributed by atoms with E-state index in [1.807, 2.05) is 13.0 Å². The van der Waals surface area contributed by atoms with Crippen molar-refractivity contribution in [3.05, 3.63) is 23.8 Å². The lowest BCUT2D eigenvalue weighted by molar-refractivity contribution is -0.115. The van der Waals surface area contributed by atoms with Crippen LogP contribution in [0, 0.1) is 6.92 Å². The first kappa shape index (κ1) is 11.9. The Morgan fingerprint density at radius 1 is 1.47 bits per heavy atom. The van der Waals surface area contributed by atoms with Gasteiger partial charge in [-0.15, -0.1) is 0 Å². The summed E-state index contributed by atoms with van der Waals surface area (Å²) in [5, 5.41) is 2.96. The molecule has 4 nitrogen and oxygen atoms in total. The third-order valence-electron chi connectivity index (χ3n) is 3.01. The van der Waals surface area contributed by atoms with Crippen LogP contribution >= 0.6 is 0 Å². The second-order valence-electron chi connectivity index (χ2n) is 4.45. The summed E-state index contributed by atoms with van der Waals surface area (Å²) in [5.41, 5.74) is 8.73. The van der Waals surface area contributed by atoms with Crippen molar-refractivity contribution in [1.82, 2.24) is 0 Å². The molecule has 4 heteroatoms. The minimum atomic E-state index is 0.0899. The van der Waals surface area contributed by atoms with Gasteiger partial charge in [0, 0.05) is 19.5 Å². The highest BCUT2D eigenvalue weighted by Crippen LogP contribution is 2.29. The number of aryl methyl sites for hydroxylation is 1. The SMILES string of the molecule is Cc1ccc2c(c1)NC(=O)CCN2CCCN. The van der Waals surface area contributed by atoms with E-state index in [1.165, 1.54) is 0 Å². The minimum absolute atomic E-state index is 0.0899. The summed E-state index contributed by atoms with van der Waals surface area (Å²) in [6.07, 6.45) is 1.49. The zero-order valence-electron chi connectivity index (χ0n) is 10.2. The van der Waals surface area contributed by atoms with Gasteiger partial charge in [0.05, 0.1) is 11.4 Å². The molecule has 0 aromatic heterocycles. The van der Waals surface area contributed by atoms with Crippen molar-refractivity contribution >= 4 is 17.3 Å². The second kappa shape index (κ2) is 5.19. The van der Waals surface area contributed by atoms with Gasteiger partial charge >= 0.3 is 0 Å². The molecule has 0 atom stereocenters. The zero-order valence-corrected chi connectivity index (χ0v) is 10.2. The van der Waals surface area contributed by atoms with Gasteiger partial charge in [-0.05, 0) is 37.6 Å². The van der Waals surface area contributed by atoms with E-state index in [0.717, 1.165) is 36.4 Å². The van der Waals surface area contributed by atoms with Crippen molar-refractivity contribution in [2.24, 2.45) is 5.73 Å². The smallest absolute Gasteiger partial charge is 0.226 e. The number of nitrogens with two attached hydrogens (primary N) is 1. The molecule has 1 heterocycles. The number of nitrogens with zero attached hydrogens (tertiary/aromatic N) is 1. The third-order valence-corrected chi connectivity index (χ3v) is 3.01. The lowest BCUT2D eigenvalue weighted by Crippen LogP contribution is -2.27. The number of carbonyl (C=O) groups excluding carboxylic acids is 1. The Labute approximate surface area is 102 Å². The number of nitrogens with one attached hydrogen (secondary N) is 1. The average molecular weight is 233 g/mol. The second-order valence-corrected chi connectivity index (χ2v) is 4.45. The molecule has 1 aromatic rings. The van der Waals surface area contributed by atoms with Crippen molar-refractivity contribution in [3.63, 3.8) is 0 Å². The molecule has 1 aromatic carbocycles. The topological polar surface area (TPSA) is 58.4 Å². The Bertz CT molecular complexity index is 417. The van der Waals surface area contributed by atoms with Crippen molar-refractivity contribution in [1.29, 1.82) is 0 Å². The van der Waals surface area contributed by atoms with Gasteiger partial charge < -0.3 is 16.0 Å². The van der Waals surface area contributed by atoms with Crippen LogP contribution in [0.25, 0.3) is 0 Å². The Morgan fingerprint density at radius 3 is 3.06 bits per heavy atom. The Balaban J connectivity index is 2.29. The lowest BCUT2D eigenvalue weighted by Gasteiger charge is -2.24. The monoisotopic (exact) mass is 233 g/mol. The number of anilines is 2. The van der Waals surface area contributed by atoms with Crippen LogP contribution in [0.5, 0.6) is 0 Å². The van der Waals surface area contributed by atoms with Crippen LogP contribution < -0.4 is 16.0 Å². The van der Waals surface area contributed by atoms with E-state index in [4.69, 9.17) is 5.73 Å². The molecule has 3 N–H and O–H groups in total. The highest BCUT2D eigenvalue weighted by atomic mass is 16.1. The molecule has 0 aliphatic carbocycles. The molecule has 0 unspecified atom stereocenters. The molecule has 0 saturated carbocycles. The number of rotatable bonds is 3. The van der Waals surface area contributed by atoms with Crippen LogP contribution in [-0.4, -0.2) is 25.5 Å². The summed E-state index contributed by atoms with van der Waals surface area (Å²) in [6, 6.07) is 6.17. The predicted molar refractivity (Wildman–Crippen MR) is 70.3 cm³/mol. The molecule has 0 saturated heterocycles. The van der Waals surface area contributed by atoms with Crippen LogP contribution in [-0.2, 0) is 4.79 Å². The van der Waals surface area contributed by atoms with Gasteiger partial charge in [0.15, 0.2) is 0 Å². The lowest BCUT2D eigenvalue weighted by atomic mass is 10.1. The highest BCUT2D eigenvalue weighted by molar-refractivity contribution is 5.96. The summed E-state index contributed by atoms with van der Waals surface area (Å²) >= 11 is 0. The molecule has 1 aliphatic heterocycles. The first-order valence-electron chi connectivity index (χ1n) is 6.06. The Morgan fingerprint density at radius 2 is 2.29 bits per heavy atom. The predicted octanol–water partition coefficient (Wildman–Crippen LogP) is 1.49. The standard InChI is InChI=1S/C13H19N3O/c1-10-3-4-12-11(9-10)15-13(17)5-8-16(12)7-2-6-14/h3-4,9H,2,5-8,14H2,1H3,(H,15,17). The van der Waals surface area contributed by atoms with Crippen molar-refractivity contribution in [2.75, 3.05) is 29.9 Å². The van der Waals surface area contributed by atoms with E-state index in [-0.39, 0.29) is 5.91 Å². The van der Waals surface area contributed by atoms with Gasteiger partial charge in [-0.1, -0.05) is 6.07 Å². The van der Waals surface area contributed by atoms with Gasteiger partial charge in [-0.3, -0.25) is 4.79 Å². The quantitative estimate of drug-likeness (QED) is 0.831. The van der Waals surface area contributed by atoms with Crippen LogP contribution in [0.15, 0.2) is 18.2 Å². The van der Waals surface area contributed by atoms with E-state index in [2.05, 4.69) is 22.3 Å². The van der Waals surface area contributed by atoms with Gasteiger partial charge in [-0.2, -0.15) is 0 Å². The van der Waals surface area contributed by atoms with Gasteiger partial charge in [0.1, 0.15) is 0 Å². The average Bonchev–Trinajstić information content (AvgIpc) is 2.45. The number of carbonyl (C=O) groups is 1. The summed E-state index contributed by atoms with van der Waals surface area (Å²) < 4.78 is 0. The van der Waals surface area contributed by atoms with Crippen molar-refractivity contribution < 1.29 is 4.79 Å². The van der Waals surface area contributed by atoms with E-state index >= 15 is 0 Å². The number of benzene rings is 1. The largest absolute Gasteiger partial charge is 0.369 e. The molecule has 2 rings (SSSR count). The number of amides is 1. The van der Waals surface area contributed by atoms with Crippen molar-refractivity contribution in [3.8, 4) is 0 Å². The molecule has 1 amide bonds. The summed E-state index contributed by atoms with van der Waals surface area (Å²) in [6.45, 7) is 4.38. The molecular weight excluding hydrogens is 214 g/mol. The minimum Gasteiger partial charge on any atom is -0.369 e. The molecule has 0 fully saturated rings. The number of fused-ring (bicyclic) bond motifs is 1. The summed E-state index contributed by atoms with van der Waals surface area (Å²) in [5.74, 6) is 0.0899. The maximum atomic E-state index is 11.6. The van der Waals surface area contributed by atoms with Crippen LogP contribution in [0.2, 0.25) is 0 Å². The maximum Gasteiger partial charge on any atom is 0.226 e. The first-order valence-corrected chi connectivity index (χ1v) is 6.06.